The van der Waals surface area contributed by atoms with Gasteiger partial charge in [-0.25, -0.2) is 0 Å². The number of hydrogen-bond donors (Lipinski definition) is 1. The molecule has 0 aliphatic heterocycles. The number of nitrogens with one attached hydrogen (secondary N) is 1. The second-order valence-electron chi connectivity index (χ2n) is 4.22. The van der Waals surface area contributed by atoms with Crippen molar-refractivity contribution in [2.24, 2.45) is 0 Å². The van der Waals surface area contributed by atoms with Crippen molar-refractivity contribution in [1.82, 2.24) is 20.3 Å². The molecule has 0 saturated heterocycles. The molecule has 0 amide bonds. The van der Waals surface area contributed by atoms with Gasteiger partial charge in [0.25, 0.3) is 0 Å². The molecule has 2 rings (SSSR count). The maximum absolute atomic E-state index is 4.21. The maximum atomic E-state index is 4.21. The van der Waals surface area contributed by atoms with Gasteiger partial charge in [0.15, 0.2) is 0 Å². The Morgan fingerprint density at radius 2 is 1.81 bits per heavy atom. The van der Waals surface area contributed by atoms with Gasteiger partial charge in [0, 0.05) is 12.1 Å². The van der Waals surface area contributed by atoms with E-state index in [0.29, 0.717) is 0 Å². The number of hydrogen-bond acceptors (Lipinski definition) is 3. The first-order valence-electron chi connectivity index (χ1n) is 5.28. The molecule has 16 heavy (non-hydrogen) atoms. The Morgan fingerprint density at radius 3 is 2.44 bits per heavy atom. The Labute approximate surface area is 95.3 Å². The smallest absolute Gasteiger partial charge is 0.117 e. The molecule has 0 spiro atoms. The summed E-state index contributed by atoms with van der Waals surface area (Å²) >= 11 is 0. The zero-order valence-corrected chi connectivity index (χ0v) is 9.86. The lowest BCUT2D eigenvalue weighted by Gasteiger charge is -2.07. The third-order valence-corrected chi connectivity index (χ3v) is 2.41. The van der Waals surface area contributed by atoms with Crippen molar-refractivity contribution in [1.29, 1.82) is 0 Å². The van der Waals surface area contributed by atoms with Crippen LogP contribution in [0.2, 0.25) is 0 Å². The van der Waals surface area contributed by atoms with Gasteiger partial charge in [0.2, 0.25) is 0 Å². The van der Waals surface area contributed by atoms with E-state index in [-0.39, 0.29) is 0 Å². The number of nitrogens with zero attached hydrogens (tertiary/aromatic N) is 3. The fourth-order valence-corrected chi connectivity index (χ4v) is 1.61. The number of aryl methyl sites for hydroxylation is 1. The normalized spacial score (nSPS) is 11.0. The van der Waals surface area contributed by atoms with Gasteiger partial charge in [0.1, 0.15) is 11.4 Å². The first kappa shape index (κ1) is 10.8. The van der Waals surface area contributed by atoms with Crippen LogP contribution in [0.5, 0.6) is 0 Å². The van der Waals surface area contributed by atoms with E-state index in [1.165, 1.54) is 5.56 Å². The predicted molar refractivity (Wildman–Crippen MR) is 63.9 cm³/mol. The molecule has 0 aliphatic carbocycles. The molecular formula is C12H16N4. The van der Waals surface area contributed by atoms with Crippen molar-refractivity contribution in [2.75, 3.05) is 14.1 Å². The van der Waals surface area contributed by atoms with Gasteiger partial charge >= 0.3 is 0 Å². The second kappa shape index (κ2) is 4.45. The third kappa shape index (κ3) is 2.28. The highest BCUT2D eigenvalue weighted by molar-refractivity contribution is 5.61. The van der Waals surface area contributed by atoms with Gasteiger partial charge in [-0.2, -0.15) is 15.4 Å². The Hall–Kier alpha value is -1.68. The Kier molecular flexibility index (Phi) is 3.01. The lowest BCUT2D eigenvalue weighted by atomic mass is 10.1. The third-order valence-electron chi connectivity index (χ3n) is 2.41. The summed E-state index contributed by atoms with van der Waals surface area (Å²) in [6.45, 7) is 2.87. The minimum absolute atomic E-state index is 0.791. The van der Waals surface area contributed by atoms with Gasteiger partial charge in [-0.05, 0) is 21.0 Å². The first-order valence-corrected chi connectivity index (χ1v) is 5.28. The lowest BCUT2D eigenvalue weighted by molar-refractivity contribution is 0.397. The molecule has 2 aromatic rings. The van der Waals surface area contributed by atoms with Gasteiger partial charge in [-0.3, -0.25) is 0 Å². The molecule has 1 N–H and O–H groups in total. The molecule has 1 aromatic carbocycles. The molecule has 4 nitrogen and oxygen atoms in total. The van der Waals surface area contributed by atoms with Crippen LogP contribution in [0.3, 0.4) is 0 Å². The molecule has 1 aromatic heterocycles. The van der Waals surface area contributed by atoms with Crippen LogP contribution in [0, 0.1) is 6.92 Å². The van der Waals surface area contributed by atoms with Gasteiger partial charge in [-0.1, -0.05) is 29.8 Å². The number of rotatable bonds is 3. The van der Waals surface area contributed by atoms with E-state index < -0.39 is 0 Å². The molecule has 0 aliphatic rings. The molecule has 84 valence electrons. The zero-order valence-electron chi connectivity index (χ0n) is 9.86. The van der Waals surface area contributed by atoms with Crippen LogP contribution in [0.25, 0.3) is 11.3 Å². The van der Waals surface area contributed by atoms with Crippen LogP contribution in [-0.2, 0) is 6.54 Å². The van der Waals surface area contributed by atoms with E-state index in [0.717, 1.165) is 23.5 Å². The number of benzene rings is 1. The van der Waals surface area contributed by atoms with Crippen LogP contribution in [0.15, 0.2) is 24.3 Å². The van der Waals surface area contributed by atoms with Crippen LogP contribution in [-0.4, -0.2) is 34.4 Å². The van der Waals surface area contributed by atoms with Crippen molar-refractivity contribution in [3.63, 3.8) is 0 Å². The summed E-state index contributed by atoms with van der Waals surface area (Å²) in [5.41, 5.74) is 4.28. The minimum atomic E-state index is 0.791. The summed E-state index contributed by atoms with van der Waals surface area (Å²) in [5.74, 6) is 0. The van der Waals surface area contributed by atoms with Gasteiger partial charge < -0.3 is 4.90 Å². The molecule has 0 atom stereocenters. The van der Waals surface area contributed by atoms with Crippen molar-refractivity contribution in [3.8, 4) is 11.3 Å². The summed E-state index contributed by atoms with van der Waals surface area (Å²) < 4.78 is 0. The molecule has 0 unspecified atom stereocenters. The van der Waals surface area contributed by atoms with Gasteiger partial charge in [-0.15, -0.1) is 0 Å². The minimum Gasteiger partial charge on any atom is -0.303 e. The Morgan fingerprint density at radius 1 is 1.12 bits per heavy atom. The van der Waals surface area contributed by atoms with E-state index in [4.69, 9.17) is 0 Å². The maximum Gasteiger partial charge on any atom is 0.117 e. The average Bonchev–Trinajstić information content (AvgIpc) is 2.66. The monoisotopic (exact) mass is 216 g/mol. The zero-order chi connectivity index (χ0) is 11.5. The molecule has 0 saturated carbocycles. The highest BCUT2D eigenvalue weighted by atomic mass is 15.3. The number of aromatic nitrogens is 3. The molecule has 0 fully saturated rings. The van der Waals surface area contributed by atoms with E-state index in [2.05, 4.69) is 51.5 Å². The molecule has 1 heterocycles. The molecule has 0 bridgehead atoms. The highest BCUT2D eigenvalue weighted by Crippen LogP contribution is 2.20. The van der Waals surface area contributed by atoms with Crippen molar-refractivity contribution < 1.29 is 0 Å². The topological polar surface area (TPSA) is 44.8 Å². The fourth-order valence-electron chi connectivity index (χ4n) is 1.61. The van der Waals surface area contributed by atoms with Crippen LogP contribution in [0.4, 0.5) is 0 Å². The average molecular weight is 216 g/mol. The highest BCUT2D eigenvalue weighted by Gasteiger charge is 2.10. The number of aromatic amines is 1. The quantitative estimate of drug-likeness (QED) is 0.851. The van der Waals surface area contributed by atoms with Gasteiger partial charge in [0.05, 0.1) is 0 Å². The fraction of sp³-hybridized carbons (Fsp3) is 0.333. The van der Waals surface area contributed by atoms with Crippen molar-refractivity contribution in [2.45, 2.75) is 13.5 Å². The first-order chi connectivity index (χ1) is 7.66. The summed E-state index contributed by atoms with van der Waals surface area (Å²) in [6.07, 6.45) is 0. The van der Waals surface area contributed by atoms with E-state index in [1.54, 1.807) is 0 Å². The van der Waals surface area contributed by atoms with E-state index in [1.807, 2.05) is 14.1 Å². The molecule has 4 heteroatoms. The standard InChI is InChI=1S/C12H16N4/c1-9-4-6-10(7-5-9)12-11(8-16(2)3)13-15-14-12/h4-7H,8H2,1-3H3,(H,13,14,15). The summed E-state index contributed by atoms with van der Waals surface area (Å²) in [6, 6.07) is 8.32. The second-order valence-corrected chi connectivity index (χ2v) is 4.22. The van der Waals surface area contributed by atoms with Crippen LogP contribution >= 0.6 is 0 Å². The summed E-state index contributed by atoms with van der Waals surface area (Å²) in [4.78, 5) is 2.08. The summed E-state index contributed by atoms with van der Waals surface area (Å²) in [5, 5.41) is 11.1. The predicted octanol–water partition coefficient (Wildman–Crippen LogP) is 1.84. The largest absolute Gasteiger partial charge is 0.303 e. The van der Waals surface area contributed by atoms with E-state index in [9.17, 15) is 0 Å². The Balaban J connectivity index is 2.33. The lowest BCUT2D eigenvalue weighted by Crippen LogP contribution is -2.11. The SMILES string of the molecule is Cc1ccc(-c2n[nH]nc2CN(C)C)cc1. The number of H-pyrrole nitrogens is 1. The molecule has 0 radical (unpaired) electrons. The van der Waals surface area contributed by atoms with Crippen LogP contribution in [0.1, 0.15) is 11.3 Å². The van der Waals surface area contributed by atoms with Crippen LogP contribution < -0.4 is 0 Å². The summed E-state index contributed by atoms with van der Waals surface area (Å²) in [7, 11) is 4.04. The van der Waals surface area contributed by atoms with Crippen molar-refractivity contribution in [3.05, 3.63) is 35.5 Å². The molecular weight excluding hydrogens is 200 g/mol. The Bertz CT molecular complexity index is 456. The van der Waals surface area contributed by atoms with Crippen molar-refractivity contribution >= 4 is 0 Å². The van der Waals surface area contributed by atoms with E-state index >= 15 is 0 Å².